The Morgan fingerprint density at radius 2 is 1.76 bits per heavy atom. The lowest BCUT2D eigenvalue weighted by molar-refractivity contribution is -0.171. The van der Waals surface area contributed by atoms with Crippen molar-refractivity contribution in [2.24, 2.45) is 34.5 Å². The zero-order valence-corrected chi connectivity index (χ0v) is 13.7. The number of hydrogen-bond acceptors (Lipinski definition) is 2. The average Bonchev–Trinajstić information content (AvgIpc) is 2.80. The summed E-state index contributed by atoms with van der Waals surface area (Å²) >= 11 is 0. The van der Waals surface area contributed by atoms with Gasteiger partial charge in [-0.2, -0.15) is 0 Å². The number of rotatable bonds is 0. The molecule has 4 rings (SSSR count). The van der Waals surface area contributed by atoms with Crippen LogP contribution in [0.3, 0.4) is 0 Å². The maximum absolute atomic E-state index is 11.0. The molecule has 0 radical (unpaired) electrons. The lowest BCUT2D eigenvalue weighted by Gasteiger charge is -2.61. The fourth-order valence-corrected chi connectivity index (χ4v) is 7.37. The zero-order chi connectivity index (χ0) is 14.8. The summed E-state index contributed by atoms with van der Waals surface area (Å²) in [6.07, 6.45) is 10.6. The minimum absolute atomic E-state index is 0.0860. The monoisotopic (exact) mass is 292 g/mol. The third-order valence-corrected chi connectivity index (χ3v) is 8.34. The third kappa shape index (κ3) is 1.97. The Kier molecular flexibility index (Phi) is 3.25. The van der Waals surface area contributed by atoms with Gasteiger partial charge in [0, 0.05) is 0 Å². The summed E-state index contributed by atoms with van der Waals surface area (Å²) in [5.41, 5.74) is 0.698. The van der Waals surface area contributed by atoms with Crippen LogP contribution in [0, 0.1) is 34.5 Å². The first kappa shape index (κ1) is 14.5. The molecule has 0 aliphatic heterocycles. The van der Waals surface area contributed by atoms with Crippen LogP contribution in [0.2, 0.25) is 0 Å². The third-order valence-electron chi connectivity index (χ3n) is 8.34. The predicted octanol–water partition coefficient (Wildman–Crippen LogP) is 3.75. The van der Waals surface area contributed by atoms with E-state index in [1.165, 1.54) is 32.1 Å². The molecule has 4 aliphatic rings. The van der Waals surface area contributed by atoms with E-state index in [0.717, 1.165) is 37.5 Å². The molecule has 0 spiro atoms. The van der Waals surface area contributed by atoms with Gasteiger partial charge in [0.15, 0.2) is 0 Å². The predicted molar refractivity (Wildman–Crippen MR) is 83.7 cm³/mol. The van der Waals surface area contributed by atoms with E-state index in [1.54, 1.807) is 0 Å². The average molecular weight is 292 g/mol. The van der Waals surface area contributed by atoms with Crippen LogP contribution in [0.25, 0.3) is 0 Å². The second-order valence-corrected chi connectivity index (χ2v) is 9.32. The first-order valence-corrected chi connectivity index (χ1v) is 9.30. The van der Waals surface area contributed by atoms with Crippen LogP contribution in [-0.2, 0) is 0 Å². The summed E-state index contributed by atoms with van der Waals surface area (Å²) < 4.78 is 0. The summed E-state index contributed by atoms with van der Waals surface area (Å²) in [6.45, 7) is 4.89. The van der Waals surface area contributed by atoms with E-state index in [0.29, 0.717) is 17.3 Å². The molecule has 0 bridgehead atoms. The highest BCUT2D eigenvalue weighted by molar-refractivity contribution is 5.10. The van der Waals surface area contributed by atoms with Gasteiger partial charge in [-0.3, -0.25) is 0 Å². The van der Waals surface area contributed by atoms with Crippen molar-refractivity contribution in [3.8, 4) is 0 Å². The van der Waals surface area contributed by atoms with Crippen molar-refractivity contribution in [1.29, 1.82) is 0 Å². The Balaban J connectivity index is 1.67. The first-order valence-electron chi connectivity index (χ1n) is 9.30. The Hall–Kier alpha value is -0.0800. The first-order chi connectivity index (χ1) is 9.94. The van der Waals surface area contributed by atoms with E-state index < -0.39 is 0 Å². The molecule has 2 N–H and O–H groups in total. The Labute approximate surface area is 129 Å². The van der Waals surface area contributed by atoms with Crippen LogP contribution in [0.5, 0.6) is 0 Å². The molecule has 4 fully saturated rings. The maximum atomic E-state index is 11.0. The topological polar surface area (TPSA) is 40.5 Å². The molecular formula is C19H32O2. The molecule has 120 valence electrons. The van der Waals surface area contributed by atoms with Gasteiger partial charge in [-0.15, -0.1) is 0 Å². The van der Waals surface area contributed by atoms with Crippen molar-refractivity contribution in [3.05, 3.63) is 0 Å². The fraction of sp³-hybridized carbons (Fsp3) is 1.00. The van der Waals surface area contributed by atoms with Gasteiger partial charge in [-0.05, 0) is 85.9 Å². The van der Waals surface area contributed by atoms with Crippen molar-refractivity contribution in [3.63, 3.8) is 0 Å². The molecule has 0 unspecified atom stereocenters. The van der Waals surface area contributed by atoms with E-state index in [2.05, 4.69) is 13.8 Å². The van der Waals surface area contributed by atoms with Crippen LogP contribution in [0.15, 0.2) is 0 Å². The molecule has 0 aromatic heterocycles. The van der Waals surface area contributed by atoms with Crippen LogP contribution in [-0.4, -0.2) is 22.4 Å². The van der Waals surface area contributed by atoms with Crippen LogP contribution in [0.4, 0.5) is 0 Å². The number of hydrogen-bond donors (Lipinski definition) is 2. The summed E-state index contributed by atoms with van der Waals surface area (Å²) in [6, 6.07) is 0. The summed E-state index contributed by atoms with van der Waals surface area (Å²) in [4.78, 5) is 0. The van der Waals surface area contributed by atoms with E-state index in [1.807, 2.05) is 0 Å². The molecule has 2 heteroatoms. The largest absolute Gasteiger partial charge is 0.393 e. The quantitative estimate of drug-likeness (QED) is 0.714. The minimum Gasteiger partial charge on any atom is -0.393 e. The maximum Gasteiger partial charge on any atom is 0.0581 e. The highest BCUT2D eigenvalue weighted by Crippen LogP contribution is 2.66. The number of aliphatic hydroxyl groups is 2. The van der Waals surface area contributed by atoms with Gasteiger partial charge >= 0.3 is 0 Å². The van der Waals surface area contributed by atoms with Gasteiger partial charge in [0.05, 0.1) is 12.2 Å². The Morgan fingerprint density at radius 3 is 2.57 bits per heavy atom. The summed E-state index contributed by atoms with van der Waals surface area (Å²) in [5.74, 6) is 2.75. The van der Waals surface area contributed by atoms with E-state index >= 15 is 0 Å². The minimum atomic E-state index is -0.0996. The van der Waals surface area contributed by atoms with Crippen molar-refractivity contribution < 1.29 is 10.2 Å². The molecule has 21 heavy (non-hydrogen) atoms. The summed E-state index contributed by atoms with van der Waals surface area (Å²) in [5, 5.41) is 21.1. The molecule has 0 amide bonds. The molecule has 2 nitrogen and oxygen atoms in total. The van der Waals surface area contributed by atoms with Crippen LogP contribution >= 0.6 is 0 Å². The van der Waals surface area contributed by atoms with Gasteiger partial charge in [0.2, 0.25) is 0 Å². The van der Waals surface area contributed by atoms with Crippen LogP contribution in [0.1, 0.15) is 71.6 Å². The van der Waals surface area contributed by atoms with E-state index in [4.69, 9.17) is 0 Å². The van der Waals surface area contributed by atoms with Crippen molar-refractivity contribution in [1.82, 2.24) is 0 Å². The molecule has 0 aromatic rings. The van der Waals surface area contributed by atoms with Crippen molar-refractivity contribution >= 4 is 0 Å². The summed E-state index contributed by atoms with van der Waals surface area (Å²) in [7, 11) is 0. The zero-order valence-electron chi connectivity index (χ0n) is 13.7. The van der Waals surface area contributed by atoms with E-state index in [-0.39, 0.29) is 17.6 Å². The lowest BCUT2D eigenvalue weighted by atomic mass is 9.44. The Bertz CT molecular complexity index is 422. The smallest absolute Gasteiger partial charge is 0.0581 e. The molecule has 4 saturated carbocycles. The molecule has 0 heterocycles. The second kappa shape index (κ2) is 4.71. The normalized spacial score (nSPS) is 60.0. The van der Waals surface area contributed by atoms with Crippen molar-refractivity contribution in [2.75, 3.05) is 0 Å². The highest BCUT2D eigenvalue weighted by Gasteiger charge is 2.60. The van der Waals surface area contributed by atoms with Gasteiger partial charge in [-0.1, -0.05) is 20.3 Å². The van der Waals surface area contributed by atoms with E-state index in [9.17, 15) is 10.2 Å². The molecule has 0 aromatic carbocycles. The lowest BCUT2D eigenvalue weighted by Crippen LogP contribution is -2.58. The number of fused-ring (bicyclic) bond motifs is 5. The van der Waals surface area contributed by atoms with Gasteiger partial charge in [0.25, 0.3) is 0 Å². The van der Waals surface area contributed by atoms with Crippen molar-refractivity contribution in [2.45, 2.75) is 83.8 Å². The van der Waals surface area contributed by atoms with Gasteiger partial charge in [0.1, 0.15) is 0 Å². The molecular weight excluding hydrogens is 260 g/mol. The second-order valence-electron chi connectivity index (χ2n) is 9.32. The van der Waals surface area contributed by atoms with Gasteiger partial charge in [-0.25, -0.2) is 0 Å². The fourth-order valence-electron chi connectivity index (χ4n) is 7.37. The van der Waals surface area contributed by atoms with Crippen LogP contribution < -0.4 is 0 Å². The highest BCUT2D eigenvalue weighted by atomic mass is 16.3. The molecule has 4 aliphatic carbocycles. The Morgan fingerprint density at radius 1 is 0.952 bits per heavy atom. The molecule has 0 saturated heterocycles. The molecule has 8 atom stereocenters. The number of aliphatic hydroxyl groups excluding tert-OH is 2. The standard InChI is InChI=1S/C19H32O2/c1-18-8-3-4-15(18)14-6-5-12-10-13(20)7-9-19(12,2)17(14)16(21)11-18/h12-17,20-21H,3-11H2,1-2H3/t12-,13-,14-,15-,16+,17+,18-,19-/m0/s1. The SMILES string of the molecule is C[C@@]12CCC[C@H]1[C@@H]1CC[C@H]3C[C@@H](O)CC[C@]3(C)[C@H]1[C@H](O)C2. The van der Waals surface area contributed by atoms with Gasteiger partial charge < -0.3 is 10.2 Å².